The molecule has 1 amide bonds. The summed E-state index contributed by atoms with van der Waals surface area (Å²) < 4.78 is 10.5. The molecular formula is C17H32N2O3. The van der Waals surface area contributed by atoms with Gasteiger partial charge in [0.2, 0.25) is 0 Å². The Bertz CT molecular complexity index is 375. The van der Waals surface area contributed by atoms with Crippen LogP contribution >= 0.6 is 0 Å². The maximum Gasteiger partial charge on any atom is 0.407 e. The molecule has 0 heterocycles. The van der Waals surface area contributed by atoms with Crippen LogP contribution in [0.1, 0.15) is 59.3 Å². The van der Waals surface area contributed by atoms with Crippen molar-refractivity contribution < 1.29 is 14.3 Å². The average Bonchev–Trinajstić information content (AvgIpc) is 3.05. The molecule has 0 aromatic rings. The van der Waals surface area contributed by atoms with Crippen LogP contribution in [-0.4, -0.2) is 44.0 Å². The predicted octanol–water partition coefficient (Wildman–Crippen LogP) is 2.84. The standard InChI is InChI=1S/C17H32N2O3/c1-16(2,3)22-15(20)19-14-6-5-13(11-14)18-12-17(7-8-17)9-10-21-4/h13-14,18H,5-12H2,1-4H3,(H,19,20). The van der Waals surface area contributed by atoms with Crippen LogP contribution in [0.3, 0.4) is 0 Å². The van der Waals surface area contributed by atoms with Crippen molar-refractivity contribution in [1.29, 1.82) is 0 Å². The highest BCUT2D eigenvalue weighted by molar-refractivity contribution is 5.68. The molecular weight excluding hydrogens is 280 g/mol. The Labute approximate surface area is 134 Å². The first-order valence-electron chi connectivity index (χ1n) is 8.54. The second kappa shape index (κ2) is 7.18. The molecule has 2 rings (SSSR count). The fraction of sp³-hybridized carbons (Fsp3) is 0.941. The smallest absolute Gasteiger partial charge is 0.407 e. The van der Waals surface area contributed by atoms with Crippen molar-refractivity contribution in [2.24, 2.45) is 5.41 Å². The van der Waals surface area contributed by atoms with E-state index in [1.54, 1.807) is 7.11 Å². The summed E-state index contributed by atoms with van der Waals surface area (Å²) in [6.07, 6.45) is 6.65. The first-order valence-corrected chi connectivity index (χ1v) is 8.54. The Balaban J connectivity index is 1.64. The molecule has 0 radical (unpaired) electrons. The molecule has 0 bridgehead atoms. The fourth-order valence-corrected chi connectivity index (χ4v) is 3.14. The van der Waals surface area contributed by atoms with E-state index in [1.165, 1.54) is 12.8 Å². The number of methoxy groups -OCH3 is 1. The van der Waals surface area contributed by atoms with Gasteiger partial charge in [-0.15, -0.1) is 0 Å². The lowest BCUT2D eigenvalue weighted by Crippen LogP contribution is -2.39. The van der Waals surface area contributed by atoms with Gasteiger partial charge in [-0.1, -0.05) is 0 Å². The molecule has 2 saturated carbocycles. The summed E-state index contributed by atoms with van der Waals surface area (Å²) in [5.74, 6) is 0. The van der Waals surface area contributed by atoms with Crippen LogP contribution in [0.5, 0.6) is 0 Å². The highest BCUT2D eigenvalue weighted by Crippen LogP contribution is 2.48. The van der Waals surface area contributed by atoms with Crippen molar-refractivity contribution in [1.82, 2.24) is 10.6 Å². The average molecular weight is 312 g/mol. The molecule has 2 N–H and O–H groups in total. The Kier molecular flexibility index (Phi) is 5.72. The van der Waals surface area contributed by atoms with Gasteiger partial charge in [0.25, 0.3) is 0 Å². The van der Waals surface area contributed by atoms with Gasteiger partial charge in [-0.25, -0.2) is 4.79 Å². The first kappa shape index (κ1) is 17.5. The number of ether oxygens (including phenoxy) is 2. The molecule has 2 aliphatic rings. The zero-order valence-corrected chi connectivity index (χ0v) is 14.5. The molecule has 2 aliphatic carbocycles. The highest BCUT2D eigenvalue weighted by Gasteiger charge is 2.42. The molecule has 2 atom stereocenters. The van der Waals surface area contributed by atoms with E-state index in [0.717, 1.165) is 38.8 Å². The molecule has 128 valence electrons. The number of carbonyl (C=O) groups is 1. The molecule has 0 aliphatic heterocycles. The third kappa shape index (κ3) is 5.76. The van der Waals surface area contributed by atoms with Crippen LogP contribution < -0.4 is 10.6 Å². The minimum atomic E-state index is -0.431. The maximum absolute atomic E-state index is 11.8. The largest absolute Gasteiger partial charge is 0.444 e. The summed E-state index contributed by atoms with van der Waals surface area (Å²) in [5, 5.41) is 6.69. The van der Waals surface area contributed by atoms with Crippen LogP contribution in [0.4, 0.5) is 4.79 Å². The van der Waals surface area contributed by atoms with Crippen LogP contribution in [0.15, 0.2) is 0 Å². The number of hydrogen-bond acceptors (Lipinski definition) is 4. The van der Waals surface area contributed by atoms with E-state index in [4.69, 9.17) is 9.47 Å². The summed E-state index contributed by atoms with van der Waals surface area (Å²) in [6, 6.07) is 0.751. The van der Waals surface area contributed by atoms with Crippen molar-refractivity contribution in [3.63, 3.8) is 0 Å². The van der Waals surface area contributed by atoms with E-state index in [2.05, 4.69) is 10.6 Å². The van der Waals surface area contributed by atoms with Gasteiger partial charge >= 0.3 is 6.09 Å². The first-order chi connectivity index (χ1) is 10.3. The summed E-state index contributed by atoms with van der Waals surface area (Å²) in [5.41, 5.74) is 0.0483. The quantitative estimate of drug-likeness (QED) is 0.759. The highest BCUT2D eigenvalue weighted by atomic mass is 16.6. The van der Waals surface area contributed by atoms with Gasteiger partial charge < -0.3 is 20.1 Å². The molecule has 0 saturated heterocycles. The lowest BCUT2D eigenvalue weighted by Gasteiger charge is -2.22. The normalized spacial score (nSPS) is 26.7. The number of amides is 1. The third-order valence-corrected chi connectivity index (χ3v) is 4.71. The molecule has 2 fully saturated rings. The van der Waals surface area contributed by atoms with Gasteiger partial charge in [0, 0.05) is 32.3 Å². The van der Waals surface area contributed by atoms with Gasteiger partial charge in [0.15, 0.2) is 0 Å². The van der Waals surface area contributed by atoms with Gasteiger partial charge in [-0.3, -0.25) is 0 Å². The minimum Gasteiger partial charge on any atom is -0.444 e. The molecule has 0 aromatic carbocycles. The van der Waals surface area contributed by atoms with E-state index in [9.17, 15) is 4.79 Å². The number of alkyl carbamates (subject to hydrolysis) is 1. The summed E-state index contributed by atoms with van der Waals surface area (Å²) in [6.45, 7) is 7.61. The van der Waals surface area contributed by atoms with E-state index >= 15 is 0 Å². The van der Waals surface area contributed by atoms with E-state index in [1.807, 2.05) is 20.8 Å². The maximum atomic E-state index is 11.8. The van der Waals surface area contributed by atoms with Crippen LogP contribution in [-0.2, 0) is 9.47 Å². The van der Waals surface area contributed by atoms with Gasteiger partial charge in [0.1, 0.15) is 5.60 Å². The van der Waals surface area contributed by atoms with E-state index < -0.39 is 5.60 Å². The zero-order chi connectivity index (χ0) is 16.2. The summed E-state index contributed by atoms with van der Waals surface area (Å²) >= 11 is 0. The van der Waals surface area contributed by atoms with Crippen molar-refractivity contribution in [2.45, 2.75) is 77.0 Å². The molecule has 0 spiro atoms. The Morgan fingerprint density at radius 2 is 1.91 bits per heavy atom. The molecule has 0 aromatic heterocycles. The van der Waals surface area contributed by atoms with E-state index in [0.29, 0.717) is 11.5 Å². The Morgan fingerprint density at radius 3 is 2.50 bits per heavy atom. The van der Waals surface area contributed by atoms with Gasteiger partial charge in [-0.05, 0) is 64.7 Å². The number of hydrogen-bond donors (Lipinski definition) is 2. The molecule has 5 nitrogen and oxygen atoms in total. The Hall–Kier alpha value is -0.810. The minimum absolute atomic E-state index is 0.237. The van der Waals surface area contributed by atoms with Gasteiger partial charge in [-0.2, -0.15) is 0 Å². The van der Waals surface area contributed by atoms with Crippen molar-refractivity contribution >= 4 is 6.09 Å². The summed E-state index contributed by atoms with van der Waals surface area (Å²) in [4.78, 5) is 11.8. The molecule has 22 heavy (non-hydrogen) atoms. The van der Waals surface area contributed by atoms with Crippen molar-refractivity contribution in [2.75, 3.05) is 20.3 Å². The lowest BCUT2D eigenvalue weighted by molar-refractivity contribution is 0.0505. The van der Waals surface area contributed by atoms with Crippen LogP contribution in [0.25, 0.3) is 0 Å². The lowest BCUT2D eigenvalue weighted by atomic mass is 10.0. The molecule has 5 heteroatoms. The number of nitrogens with one attached hydrogen (secondary N) is 2. The Morgan fingerprint density at radius 1 is 1.23 bits per heavy atom. The number of rotatable bonds is 7. The summed E-state index contributed by atoms with van der Waals surface area (Å²) in [7, 11) is 1.77. The zero-order valence-electron chi connectivity index (χ0n) is 14.5. The molecule has 2 unspecified atom stereocenters. The monoisotopic (exact) mass is 312 g/mol. The SMILES string of the molecule is COCCC1(CNC2CCC(NC(=O)OC(C)(C)C)C2)CC1. The van der Waals surface area contributed by atoms with Crippen molar-refractivity contribution in [3.05, 3.63) is 0 Å². The van der Waals surface area contributed by atoms with Crippen LogP contribution in [0.2, 0.25) is 0 Å². The second-order valence-electron chi connectivity index (χ2n) is 7.98. The third-order valence-electron chi connectivity index (χ3n) is 4.71. The van der Waals surface area contributed by atoms with Gasteiger partial charge in [0.05, 0.1) is 0 Å². The van der Waals surface area contributed by atoms with E-state index in [-0.39, 0.29) is 12.1 Å². The number of carbonyl (C=O) groups excluding carboxylic acids is 1. The predicted molar refractivity (Wildman–Crippen MR) is 87.0 cm³/mol. The second-order valence-corrected chi connectivity index (χ2v) is 7.98. The van der Waals surface area contributed by atoms with Crippen LogP contribution in [0, 0.1) is 5.41 Å². The fourth-order valence-electron chi connectivity index (χ4n) is 3.14. The topological polar surface area (TPSA) is 59.6 Å². The van der Waals surface area contributed by atoms with Crippen molar-refractivity contribution in [3.8, 4) is 0 Å².